The molecule has 90 valence electrons. The zero-order valence-corrected chi connectivity index (χ0v) is 10.5. The van der Waals surface area contributed by atoms with Crippen LogP contribution in [0.4, 0.5) is 0 Å². The highest BCUT2D eigenvalue weighted by Crippen LogP contribution is 2.18. The molecule has 0 aliphatic heterocycles. The first-order valence-corrected chi connectivity index (χ1v) is 7.04. The van der Waals surface area contributed by atoms with Crippen LogP contribution in [0.5, 0.6) is 0 Å². The predicted octanol–water partition coefficient (Wildman–Crippen LogP) is 1.79. The third-order valence-corrected chi connectivity index (χ3v) is 5.05. The van der Waals surface area contributed by atoms with E-state index in [1.807, 2.05) is 19.1 Å². The number of hydrogen-bond donors (Lipinski definition) is 1. The van der Waals surface area contributed by atoms with Gasteiger partial charge in [-0.15, -0.1) is 0 Å². The van der Waals surface area contributed by atoms with E-state index >= 15 is 0 Å². The first kappa shape index (κ1) is 13.2. The lowest BCUT2D eigenvalue weighted by atomic mass is 10.2. The summed E-state index contributed by atoms with van der Waals surface area (Å²) in [5.41, 5.74) is 1.11. The van der Waals surface area contributed by atoms with Crippen LogP contribution in [0.25, 0.3) is 0 Å². The van der Waals surface area contributed by atoms with Gasteiger partial charge in [-0.1, -0.05) is 26.0 Å². The van der Waals surface area contributed by atoms with Crippen LogP contribution in [0.1, 0.15) is 25.8 Å². The second kappa shape index (κ2) is 5.46. The molecule has 0 spiro atoms. The lowest BCUT2D eigenvalue weighted by Gasteiger charge is -2.13. The Morgan fingerprint density at radius 2 is 1.75 bits per heavy atom. The summed E-state index contributed by atoms with van der Waals surface area (Å²) in [6.45, 7) is 3.46. The van der Waals surface area contributed by atoms with E-state index in [0.717, 1.165) is 12.0 Å². The van der Waals surface area contributed by atoms with Crippen molar-refractivity contribution in [3.63, 3.8) is 0 Å². The predicted molar refractivity (Wildman–Crippen MR) is 64.2 cm³/mol. The van der Waals surface area contributed by atoms with Crippen molar-refractivity contribution in [3.05, 3.63) is 29.8 Å². The highest BCUT2D eigenvalue weighted by atomic mass is 32.2. The molecule has 1 rings (SSSR count). The third-order valence-electron chi connectivity index (χ3n) is 2.76. The van der Waals surface area contributed by atoms with Crippen molar-refractivity contribution in [1.82, 2.24) is 0 Å². The fraction of sp³-hybridized carbons (Fsp3) is 0.500. The molecule has 0 fully saturated rings. The van der Waals surface area contributed by atoms with Crippen molar-refractivity contribution < 1.29 is 13.5 Å². The Kier molecular flexibility index (Phi) is 4.50. The Balaban J connectivity index is 3.07. The zero-order chi connectivity index (χ0) is 12.2. The van der Waals surface area contributed by atoms with Crippen LogP contribution in [0.2, 0.25) is 0 Å². The Labute approximate surface area is 97.0 Å². The van der Waals surface area contributed by atoms with Gasteiger partial charge in [-0.05, 0) is 30.5 Å². The molecule has 3 nitrogen and oxygen atoms in total. The number of hydrogen-bond acceptors (Lipinski definition) is 3. The molecule has 1 N–H and O–H groups in total. The highest BCUT2D eigenvalue weighted by Gasteiger charge is 2.24. The molecule has 1 aromatic carbocycles. The largest absolute Gasteiger partial charge is 0.395 e. The first-order valence-electron chi connectivity index (χ1n) is 5.50. The normalized spacial score (nSPS) is 13.7. The molecule has 1 atom stereocenters. The number of aliphatic hydroxyl groups is 1. The molecule has 0 saturated carbocycles. The highest BCUT2D eigenvalue weighted by molar-refractivity contribution is 7.92. The number of aliphatic hydroxyl groups excluding tert-OH is 1. The SMILES string of the molecule is CCc1ccc(S(=O)(=O)C(CC)CO)cc1. The summed E-state index contributed by atoms with van der Waals surface area (Å²) >= 11 is 0. The summed E-state index contributed by atoms with van der Waals surface area (Å²) < 4.78 is 24.1. The van der Waals surface area contributed by atoms with Crippen LogP contribution in [0.15, 0.2) is 29.2 Å². The van der Waals surface area contributed by atoms with Crippen LogP contribution >= 0.6 is 0 Å². The average molecular weight is 242 g/mol. The maximum Gasteiger partial charge on any atom is 0.183 e. The molecule has 0 aliphatic rings. The van der Waals surface area contributed by atoms with Gasteiger partial charge in [0, 0.05) is 0 Å². The number of sulfone groups is 1. The Hall–Kier alpha value is -0.870. The Morgan fingerprint density at radius 3 is 2.12 bits per heavy atom. The second-order valence-electron chi connectivity index (χ2n) is 3.76. The molecule has 0 radical (unpaired) electrons. The molecule has 1 unspecified atom stereocenters. The van der Waals surface area contributed by atoms with Gasteiger partial charge in [0.2, 0.25) is 0 Å². The zero-order valence-electron chi connectivity index (χ0n) is 9.68. The van der Waals surface area contributed by atoms with Crippen molar-refractivity contribution in [2.24, 2.45) is 0 Å². The van der Waals surface area contributed by atoms with Gasteiger partial charge >= 0.3 is 0 Å². The smallest absolute Gasteiger partial charge is 0.183 e. The van der Waals surface area contributed by atoms with Gasteiger partial charge in [-0.3, -0.25) is 0 Å². The van der Waals surface area contributed by atoms with E-state index in [2.05, 4.69) is 0 Å². The molecule has 0 saturated heterocycles. The average Bonchev–Trinajstić information content (AvgIpc) is 2.30. The fourth-order valence-corrected chi connectivity index (χ4v) is 3.09. The van der Waals surface area contributed by atoms with Crippen molar-refractivity contribution in [2.75, 3.05) is 6.61 Å². The molecule has 1 aromatic rings. The first-order chi connectivity index (χ1) is 7.56. The maximum absolute atomic E-state index is 12.0. The van der Waals surface area contributed by atoms with Gasteiger partial charge in [-0.25, -0.2) is 8.42 Å². The maximum atomic E-state index is 12.0. The van der Waals surface area contributed by atoms with Gasteiger partial charge in [-0.2, -0.15) is 0 Å². The van der Waals surface area contributed by atoms with E-state index in [1.54, 1.807) is 19.1 Å². The number of benzene rings is 1. The van der Waals surface area contributed by atoms with Crippen LogP contribution in [0, 0.1) is 0 Å². The molecule has 4 heteroatoms. The molecule has 0 bridgehead atoms. The minimum Gasteiger partial charge on any atom is -0.395 e. The van der Waals surface area contributed by atoms with E-state index < -0.39 is 15.1 Å². The Bertz CT molecular complexity index is 416. The summed E-state index contributed by atoms with van der Waals surface area (Å²) in [6, 6.07) is 6.87. The van der Waals surface area contributed by atoms with Gasteiger partial charge in [0.05, 0.1) is 16.8 Å². The van der Waals surface area contributed by atoms with Crippen molar-refractivity contribution in [1.29, 1.82) is 0 Å². The lowest BCUT2D eigenvalue weighted by molar-refractivity contribution is 0.287. The van der Waals surface area contributed by atoms with Gasteiger partial charge in [0.1, 0.15) is 0 Å². The summed E-state index contributed by atoms with van der Waals surface area (Å²) in [5.74, 6) is 0. The topological polar surface area (TPSA) is 54.4 Å². The van der Waals surface area contributed by atoms with Crippen LogP contribution in [-0.2, 0) is 16.3 Å². The summed E-state index contributed by atoms with van der Waals surface area (Å²) in [4.78, 5) is 0.297. The van der Waals surface area contributed by atoms with E-state index in [9.17, 15) is 8.42 Å². The van der Waals surface area contributed by atoms with E-state index in [-0.39, 0.29) is 6.61 Å². The lowest BCUT2D eigenvalue weighted by Crippen LogP contribution is -2.24. The molecule has 0 amide bonds. The second-order valence-corrected chi connectivity index (χ2v) is 5.98. The molecule has 0 heterocycles. The minimum atomic E-state index is -3.38. The van der Waals surface area contributed by atoms with Crippen molar-refractivity contribution >= 4 is 9.84 Å². The van der Waals surface area contributed by atoms with E-state index in [0.29, 0.717) is 11.3 Å². The Morgan fingerprint density at radius 1 is 1.19 bits per heavy atom. The number of aryl methyl sites for hydroxylation is 1. The minimum absolute atomic E-state index is 0.297. The summed E-state index contributed by atoms with van der Waals surface area (Å²) in [7, 11) is -3.38. The van der Waals surface area contributed by atoms with Gasteiger partial charge < -0.3 is 5.11 Å². The number of rotatable bonds is 5. The van der Waals surface area contributed by atoms with Crippen LogP contribution < -0.4 is 0 Å². The summed E-state index contributed by atoms with van der Waals surface area (Å²) in [5, 5.41) is 8.35. The quantitative estimate of drug-likeness (QED) is 0.856. The van der Waals surface area contributed by atoms with Crippen LogP contribution in [-0.4, -0.2) is 25.4 Å². The molecule has 0 aliphatic carbocycles. The molecule has 0 aromatic heterocycles. The third kappa shape index (κ3) is 2.62. The molecule has 16 heavy (non-hydrogen) atoms. The monoisotopic (exact) mass is 242 g/mol. The standard InChI is InChI=1S/C12H18O3S/c1-3-10-5-7-12(8-6-10)16(14,15)11(4-2)9-13/h5-8,11,13H,3-4,9H2,1-2H3. The van der Waals surface area contributed by atoms with Gasteiger partial charge in [0.25, 0.3) is 0 Å². The fourth-order valence-electron chi connectivity index (χ4n) is 1.55. The van der Waals surface area contributed by atoms with Crippen molar-refractivity contribution in [2.45, 2.75) is 36.8 Å². The van der Waals surface area contributed by atoms with Crippen molar-refractivity contribution in [3.8, 4) is 0 Å². The van der Waals surface area contributed by atoms with Gasteiger partial charge in [0.15, 0.2) is 9.84 Å². The van der Waals surface area contributed by atoms with E-state index in [1.165, 1.54) is 0 Å². The molecular weight excluding hydrogens is 224 g/mol. The summed E-state index contributed by atoms with van der Waals surface area (Å²) in [6.07, 6.45) is 1.31. The van der Waals surface area contributed by atoms with Crippen LogP contribution in [0.3, 0.4) is 0 Å². The van der Waals surface area contributed by atoms with E-state index in [4.69, 9.17) is 5.11 Å². The molecular formula is C12H18O3S.